The van der Waals surface area contributed by atoms with Crippen LogP contribution in [0.1, 0.15) is 18.5 Å². The predicted octanol–water partition coefficient (Wildman–Crippen LogP) is 2.09. The lowest BCUT2D eigenvalue weighted by molar-refractivity contribution is 0.205. The SMILES string of the molecule is CON=C1CCN(CCc2[nH]cc3c2nc(N)n2nc(-c4ccco4)nc32)CC1. The molecule has 150 valence electrons. The van der Waals surface area contributed by atoms with Crippen molar-refractivity contribution >= 4 is 28.2 Å². The van der Waals surface area contributed by atoms with Crippen molar-refractivity contribution < 1.29 is 9.25 Å². The number of H-pyrrole nitrogens is 1. The third kappa shape index (κ3) is 3.21. The molecule has 1 aliphatic heterocycles. The normalized spacial score (nSPS) is 15.4. The van der Waals surface area contributed by atoms with Crippen LogP contribution in [0.2, 0.25) is 0 Å². The Hall–Kier alpha value is -3.40. The van der Waals surface area contributed by atoms with Gasteiger partial charge in [0.1, 0.15) is 7.11 Å². The second kappa shape index (κ2) is 7.21. The highest BCUT2D eigenvalue weighted by molar-refractivity contribution is 5.94. The molecule has 5 rings (SSSR count). The molecule has 3 N–H and O–H groups in total. The van der Waals surface area contributed by atoms with Gasteiger partial charge in [-0.25, -0.2) is 9.97 Å². The molecular formula is C19H22N8O2. The van der Waals surface area contributed by atoms with E-state index in [2.05, 4.69) is 30.1 Å². The van der Waals surface area contributed by atoms with E-state index < -0.39 is 0 Å². The Morgan fingerprint density at radius 1 is 1.31 bits per heavy atom. The minimum Gasteiger partial charge on any atom is -0.461 e. The average Bonchev–Trinajstić information content (AvgIpc) is 3.47. The molecule has 0 saturated carbocycles. The zero-order valence-corrected chi connectivity index (χ0v) is 16.1. The van der Waals surface area contributed by atoms with E-state index in [0.29, 0.717) is 23.2 Å². The van der Waals surface area contributed by atoms with Crippen LogP contribution in [0, 0.1) is 0 Å². The average molecular weight is 394 g/mol. The van der Waals surface area contributed by atoms with Gasteiger partial charge in [0, 0.05) is 50.8 Å². The van der Waals surface area contributed by atoms with Crippen molar-refractivity contribution in [3.63, 3.8) is 0 Å². The number of furan rings is 1. The van der Waals surface area contributed by atoms with Gasteiger partial charge in [-0.05, 0) is 12.1 Å². The number of nitrogens with two attached hydrogens (primary N) is 1. The molecule has 0 unspecified atom stereocenters. The zero-order valence-electron chi connectivity index (χ0n) is 16.1. The number of nitrogens with zero attached hydrogens (tertiary/aromatic N) is 6. The van der Waals surface area contributed by atoms with Crippen LogP contribution in [0.15, 0.2) is 34.2 Å². The van der Waals surface area contributed by atoms with E-state index in [-0.39, 0.29) is 0 Å². The molecule has 0 amide bonds. The first-order chi connectivity index (χ1) is 14.2. The highest BCUT2D eigenvalue weighted by Gasteiger charge is 2.19. The Kier molecular flexibility index (Phi) is 4.39. The number of aromatic amines is 1. The molecule has 29 heavy (non-hydrogen) atoms. The van der Waals surface area contributed by atoms with Crippen molar-refractivity contribution in [3.8, 4) is 11.6 Å². The van der Waals surface area contributed by atoms with E-state index in [4.69, 9.17) is 15.0 Å². The number of oxime groups is 1. The largest absolute Gasteiger partial charge is 0.461 e. The van der Waals surface area contributed by atoms with E-state index in [1.165, 1.54) is 0 Å². The van der Waals surface area contributed by atoms with Crippen LogP contribution < -0.4 is 5.73 Å². The number of nitrogens with one attached hydrogen (secondary N) is 1. The van der Waals surface area contributed by atoms with Crippen LogP contribution in [-0.4, -0.2) is 61.9 Å². The van der Waals surface area contributed by atoms with Crippen molar-refractivity contribution in [3.05, 3.63) is 30.3 Å². The lowest BCUT2D eigenvalue weighted by Crippen LogP contribution is -2.35. The molecule has 0 aromatic carbocycles. The monoisotopic (exact) mass is 394 g/mol. The predicted molar refractivity (Wildman–Crippen MR) is 109 cm³/mol. The fourth-order valence-corrected chi connectivity index (χ4v) is 3.79. The number of piperidine rings is 1. The van der Waals surface area contributed by atoms with Crippen LogP contribution >= 0.6 is 0 Å². The van der Waals surface area contributed by atoms with E-state index in [1.807, 2.05) is 12.3 Å². The van der Waals surface area contributed by atoms with E-state index in [0.717, 1.165) is 61.2 Å². The first kappa shape index (κ1) is 17.7. The van der Waals surface area contributed by atoms with Gasteiger partial charge in [0.2, 0.25) is 11.8 Å². The van der Waals surface area contributed by atoms with Gasteiger partial charge in [-0.2, -0.15) is 4.52 Å². The van der Waals surface area contributed by atoms with Crippen LogP contribution in [0.4, 0.5) is 5.95 Å². The van der Waals surface area contributed by atoms with Crippen LogP contribution in [0.3, 0.4) is 0 Å². The topological polar surface area (TPSA) is 123 Å². The van der Waals surface area contributed by atoms with Gasteiger partial charge >= 0.3 is 0 Å². The molecule has 0 bridgehead atoms. The molecule has 10 nitrogen and oxygen atoms in total. The minimum absolute atomic E-state index is 0.303. The van der Waals surface area contributed by atoms with Crippen LogP contribution in [0.25, 0.3) is 28.1 Å². The standard InChI is InChI=1S/C19H22N8O2/c1-28-25-12-4-7-26(8-5-12)9-6-14-16-13(11-21-14)18-23-17(15-3-2-10-29-15)24-27(18)19(20)22-16/h2-3,10-11,21H,4-9H2,1H3,(H2,20,22). The molecule has 5 heterocycles. The van der Waals surface area contributed by atoms with E-state index >= 15 is 0 Å². The molecular weight excluding hydrogens is 372 g/mol. The number of fused-ring (bicyclic) bond motifs is 3. The summed E-state index contributed by atoms with van der Waals surface area (Å²) in [6.07, 6.45) is 6.26. The van der Waals surface area contributed by atoms with Gasteiger partial charge in [0.15, 0.2) is 11.4 Å². The summed E-state index contributed by atoms with van der Waals surface area (Å²) in [5.74, 6) is 1.39. The first-order valence-corrected chi connectivity index (χ1v) is 9.60. The molecule has 0 spiro atoms. The van der Waals surface area contributed by atoms with Crippen molar-refractivity contribution in [2.24, 2.45) is 5.16 Å². The number of anilines is 1. The molecule has 1 aliphatic rings. The number of rotatable bonds is 5. The smallest absolute Gasteiger partial charge is 0.223 e. The molecule has 0 radical (unpaired) electrons. The summed E-state index contributed by atoms with van der Waals surface area (Å²) in [5.41, 5.74) is 9.85. The summed E-state index contributed by atoms with van der Waals surface area (Å²) in [4.78, 5) is 19.9. The number of hydrogen-bond donors (Lipinski definition) is 2. The van der Waals surface area contributed by atoms with Crippen molar-refractivity contribution in [2.45, 2.75) is 19.3 Å². The number of aromatic nitrogens is 5. The maximum atomic E-state index is 6.17. The Labute approximate surface area is 166 Å². The Morgan fingerprint density at radius 3 is 2.93 bits per heavy atom. The molecule has 4 aromatic heterocycles. The maximum Gasteiger partial charge on any atom is 0.223 e. The molecule has 0 atom stereocenters. The molecule has 1 fully saturated rings. The lowest BCUT2D eigenvalue weighted by atomic mass is 10.1. The third-order valence-corrected chi connectivity index (χ3v) is 5.30. The lowest BCUT2D eigenvalue weighted by Gasteiger charge is -2.26. The molecule has 10 heteroatoms. The van der Waals surface area contributed by atoms with Gasteiger partial charge in [-0.15, -0.1) is 5.10 Å². The minimum atomic E-state index is 0.303. The highest BCUT2D eigenvalue weighted by Crippen LogP contribution is 2.25. The second-order valence-corrected chi connectivity index (χ2v) is 7.08. The summed E-state index contributed by atoms with van der Waals surface area (Å²) in [5, 5.41) is 9.40. The van der Waals surface area contributed by atoms with Crippen molar-refractivity contribution in [1.29, 1.82) is 0 Å². The van der Waals surface area contributed by atoms with Gasteiger partial charge in [0.05, 0.1) is 22.9 Å². The fourth-order valence-electron chi connectivity index (χ4n) is 3.79. The second-order valence-electron chi connectivity index (χ2n) is 7.08. The van der Waals surface area contributed by atoms with Gasteiger partial charge in [-0.1, -0.05) is 5.16 Å². The molecule has 0 aliphatic carbocycles. The summed E-state index contributed by atoms with van der Waals surface area (Å²) in [7, 11) is 1.60. The fraction of sp³-hybridized carbons (Fsp3) is 0.368. The van der Waals surface area contributed by atoms with E-state index in [9.17, 15) is 0 Å². The van der Waals surface area contributed by atoms with Crippen molar-refractivity contribution in [2.75, 3.05) is 32.5 Å². The summed E-state index contributed by atoms with van der Waals surface area (Å²) >= 11 is 0. The van der Waals surface area contributed by atoms with Gasteiger partial charge in [0.25, 0.3) is 0 Å². The zero-order chi connectivity index (χ0) is 19.8. The van der Waals surface area contributed by atoms with Crippen molar-refractivity contribution in [1.82, 2.24) is 29.5 Å². The number of nitrogen functional groups attached to an aromatic ring is 1. The Bertz CT molecular complexity index is 1160. The highest BCUT2D eigenvalue weighted by atomic mass is 16.6. The Morgan fingerprint density at radius 2 is 2.17 bits per heavy atom. The van der Waals surface area contributed by atoms with Crippen LogP contribution in [-0.2, 0) is 11.3 Å². The molecule has 1 saturated heterocycles. The maximum absolute atomic E-state index is 6.17. The van der Waals surface area contributed by atoms with Crippen LogP contribution in [0.5, 0.6) is 0 Å². The third-order valence-electron chi connectivity index (χ3n) is 5.30. The summed E-state index contributed by atoms with van der Waals surface area (Å²) in [6, 6.07) is 3.62. The van der Waals surface area contributed by atoms with Gasteiger partial charge in [-0.3, -0.25) is 0 Å². The Balaban J connectivity index is 1.39. The summed E-state index contributed by atoms with van der Waals surface area (Å²) < 4.78 is 6.96. The summed E-state index contributed by atoms with van der Waals surface area (Å²) in [6.45, 7) is 2.90. The number of likely N-dealkylation sites (tertiary alicyclic amines) is 1. The molecule has 4 aromatic rings. The van der Waals surface area contributed by atoms with Gasteiger partial charge < -0.3 is 24.9 Å². The first-order valence-electron chi connectivity index (χ1n) is 9.60. The number of hydrogen-bond acceptors (Lipinski definition) is 8. The van der Waals surface area contributed by atoms with E-state index in [1.54, 1.807) is 24.0 Å². The quantitative estimate of drug-likeness (QED) is 0.497.